The monoisotopic (exact) mass is 293 g/mol. The van der Waals surface area contributed by atoms with Crippen LogP contribution < -0.4 is 4.74 Å². The fraction of sp³-hybridized carbons (Fsp3) is 0.588. The summed E-state index contributed by atoms with van der Waals surface area (Å²) >= 11 is 0. The number of nitrogens with zero attached hydrogens (tertiary/aromatic N) is 1. The maximum atomic E-state index is 12.7. The van der Waals surface area contributed by atoms with E-state index in [1.165, 1.54) is 37.8 Å². The quantitative estimate of drug-likeness (QED) is 0.768. The number of hydrogen-bond acceptors (Lipinski definition) is 2. The van der Waals surface area contributed by atoms with Crippen LogP contribution in [0.1, 0.15) is 38.5 Å². The molecule has 21 heavy (non-hydrogen) atoms. The molecule has 0 aliphatic heterocycles. The molecule has 1 aliphatic rings. The average molecular weight is 293 g/mol. The van der Waals surface area contributed by atoms with Crippen LogP contribution in [0.3, 0.4) is 0 Å². The number of ether oxygens (including phenoxy) is 1. The summed E-state index contributed by atoms with van der Waals surface area (Å²) in [6.45, 7) is 0.984. The molecule has 0 atom stereocenters. The van der Waals surface area contributed by atoms with E-state index in [4.69, 9.17) is 4.74 Å². The fourth-order valence-corrected chi connectivity index (χ4v) is 2.77. The van der Waals surface area contributed by atoms with Crippen molar-refractivity contribution in [1.82, 2.24) is 4.90 Å². The van der Waals surface area contributed by atoms with E-state index in [1.807, 2.05) is 7.05 Å². The molecule has 4 heteroatoms. The van der Waals surface area contributed by atoms with Crippen molar-refractivity contribution in [3.8, 4) is 5.75 Å². The van der Waals surface area contributed by atoms with Crippen molar-refractivity contribution >= 4 is 5.91 Å². The lowest BCUT2D eigenvalue weighted by molar-refractivity contribution is -0.130. The molecule has 0 N–H and O–H groups in total. The molecule has 0 spiro atoms. The van der Waals surface area contributed by atoms with Gasteiger partial charge in [0.1, 0.15) is 18.2 Å². The Kier molecular flexibility index (Phi) is 6.03. The van der Waals surface area contributed by atoms with E-state index in [9.17, 15) is 9.18 Å². The molecule has 1 saturated carbocycles. The number of carbonyl (C=O) groups excluding carboxylic acids is 1. The minimum Gasteiger partial charge on any atom is -0.492 e. The van der Waals surface area contributed by atoms with Crippen molar-refractivity contribution in [2.75, 3.05) is 20.2 Å². The van der Waals surface area contributed by atoms with Crippen LogP contribution in [-0.4, -0.2) is 31.0 Å². The van der Waals surface area contributed by atoms with E-state index in [2.05, 4.69) is 0 Å². The highest BCUT2D eigenvalue weighted by molar-refractivity contribution is 5.75. The first-order valence-corrected chi connectivity index (χ1v) is 7.77. The van der Waals surface area contributed by atoms with E-state index in [-0.39, 0.29) is 11.7 Å². The molecule has 1 aromatic rings. The van der Waals surface area contributed by atoms with Gasteiger partial charge in [-0.2, -0.15) is 0 Å². The van der Waals surface area contributed by atoms with E-state index < -0.39 is 0 Å². The van der Waals surface area contributed by atoms with Gasteiger partial charge >= 0.3 is 0 Å². The predicted molar refractivity (Wildman–Crippen MR) is 80.7 cm³/mol. The number of halogens is 1. The van der Waals surface area contributed by atoms with Crippen molar-refractivity contribution in [1.29, 1.82) is 0 Å². The third kappa shape index (κ3) is 5.37. The lowest BCUT2D eigenvalue weighted by Crippen LogP contribution is -2.30. The third-order valence-corrected chi connectivity index (χ3v) is 4.18. The molecule has 1 aliphatic carbocycles. The van der Waals surface area contributed by atoms with Crippen LogP contribution in [0, 0.1) is 11.7 Å². The van der Waals surface area contributed by atoms with E-state index in [0.29, 0.717) is 25.3 Å². The number of carbonyl (C=O) groups is 1. The van der Waals surface area contributed by atoms with Gasteiger partial charge in [-0.3, -0.25) is 4.79 Å². The Morgan fingerprint density at radius 3 is 2.62 bits per heavy atom. The van der Waals surface area contributed by atoms with Crippen LogP contribution in [0.2, 0.25) is 0 Å². The lowest BCUT2D eigenvalue weighted by atomic mass is 10.0. The minimum atomic E-state index is -0.276. The molecular formula is C17H24FNO2. The summed E-state index contributed by atoms with van der Waals surface area (Å²) in [4.78, 5) is 13.7. The Morgan fingerprint density at radius 2 is 1.95 bits per heavy atom. The Balaban J connectivity index is 1.62. The summed E-state index contributed by atoms with van der Waals surface area (Å²) in [7, 11) is 1.81. The van der Waals surface area contributed by atoms with Gasteiger partial charge in [-0.15, -0.1) is 0 Å². The molecule has 3 nitrogen and oxygen atoms in total. The highest BCUT2D eigenvalue weighted by Gasteiger charge is 2.17. The summed E-state index contributed by atoms with van der Waals surface area (Å²) in [6, 6.07) is 5.92. The minimum absolute atomic E-state index is 0.185. The van der Waals surface area contributed by atoms with Crippen molar-refractivity contribution in [3.05, 3.63) is 30.1 Å². The molecule has 116 valence electrons. The Bertz CT molecular complexity index is 441. The SMILES string of the molecule is CN(CCOc1ccc(F)cc1)C(=O)CCC1CCCC1. The zero-order chi connectivity index (χ0) is 15.1. The summed E-state index contributed by atoms with van der Waals surface area (Å²) < 4.78 is 18.2. The third-order valence-electron chi connectivity index (χ3n) is 4.18. The average Bonchev–Trinajstić information content (AvgIpc) is 3.00. The van der Waals surface area contributed by atoms with Crippen LogP contribution in [0.25, 0.3) is 0 Å². The Morgan fingerprint density at radius 1 is 1.29 bits per heavy atom. The molecule has 0 radical (unpaired) electrons. The molecule has 0 aromatic heterocycles. The maximum Gasteiger partial charge on any atom is 0.222 e. The second-order valence-corrected chi connectivity index (χ2v) is 5.81. The van der Waals surface area contributed by atoms with Crippen LogP contribution in [0.15, 0.2) is 24.3 Å². The van der Waals surface area contributed by atoms with Crippen LogP contribution in [0.4, 0.5) is 4.39 Å². The van der Waals surface area contributed by atoms with Crippen molar-refractivity contribution in [2.24, 2.45) is 5.92 Å². The molecule has 1 fully saturated rings. The molecule has 0 bridgehead atoms. The van der Waals surface area contributed by atoms with Gasteiger partial charge < -0.3 is 9.64 Å². The molecule has 0 heterocycles. The Labute approximate surface area is 126 Å². The van der Waals surface area contributed by atoms with Gasteiger partial charge in [0, 0.05) is 13.5 Å². The molecule has 0 unspecified atom stereocenters. The van der Waals surface area contributed by atoms with Crippen molar-refractivity contribution in [2.45, 2.75) is 38.5 Å². The highest BCUT2D eigenvalue weighted by Crippen LogP contribution is 2.28. The summed E-state index contributed by atoms with van der Waals surface area (Å²) in [6.07, 6.45) is 6.86. The zero-order valence-electron chi connectivity index (χ0n) is 12.7. The van der Waals surface area contributed by atoms with E-state index in [0.717, 1.165) is 12.3 Å². The van der Waals surface area contributed by atoms with E-state index in [1.54, 1.807) is 17.0 Å². The molecule has 1 aromatic carbocycles. The number of rotatable bonds is 7. The van der Waals surface area contributed by atoms with Gasteiger partial charge in [-0.1, -0.05) is 25.7 Å². The van der Waals surface area contributed by atoms with Crippen LogP contribution >= 0.6 is 0 Å². The van der Waals surface area contributed by atoms with Gasteiger partial charge in [-0.05, 0) is 36.6 Å². The first-order chi connectivity index (χ1) is 10.1. The fourth-order valence-electron chi connectivity index (χ4n) is 2.77. The molecule has 2 rings (SSSR count). The maximum absolute atomic E-state index is 12.7. The van der Waals surface area contributed by atoms with Gasteiger partial charge in [0.05, 0.1) is 6.54 Å². The first kappa shape index (κ1) is 15.8. The number of amides is 1. The molecular weight excluding hydrogens is 269 g/mol. The summed E-state index contributed by atoms with van der Waals surface area (Å²) in [5, 5.41) is 0. The second-order valence-electron chi connectivity index (χ2n) is 5.81. The lowest BCUT2D eigenvalue weighted by Gasteiger charge is -2.18. The molecule has 1 amide bonds. The van der Waals surface area contributed by atoms with E-state index >= 15 is 0 Å². The zero-order valence-corrected chi connectivity index (χ0v) is 12.7. The Hall–Kier alpha value is -1.58. The largest absolute Gasteiger partial charge is 0.492 e. The second kappa shape index (κ2) is 8.01. The van der Waals surface area contributed by atoms with Gasteiger partial charge in [0.25, 0.3) is 0 Å². The van der Waals surface area contributed by atoms with Crippen molar-refractivity contribution < 1.29 is 13.9 Å². The first-order valence-electron chi connectivity index (χ1n) is 7.77. The van der Waals surface area contributed by atoms with Gasteiger partial charge in [-0.25, -0.2) is 4.39 Å². The van der Waals surface area contributed by atoms with Gasteiger partial charge in [0.15, 0.2) is 0 Å². The number of hydrogen-bond donors (Lipinski definition) is 0. The van der Waals surface area contributed by atoms with Gasteiger partial charge in [0.2, 0.25) is 5.91 Å². The topological polar surface area (TPSA) is 29.5 Å². The summed E-state index contributed by atoms with van der Waals surface area (Å²) in [5.74, 6) is 1.28. The van der Waals surface area contributed by atoms with Crippen LogP contribution in [-0.2, 0) is 4.79 Å². The van der Waals surface area contributed by atoms with Crippen LogP contribution in [0.5, 0.6) is 5.75 Å². The number of likely N-dealkylation sites (N-methyl/N-ethyl adjacent to an activating group) is 1. The number of benzene rings is 1. The standard InChI is InChI=1S/C17H24FNO2/c1-19(17(20)11-6-14-4-2-3-5-14)12-13-21-16-9-7-15(18)8-10-16/h7-10,14H,2-6,11-13H2,1H3. The predicted octanol–water partition coefficient (Wildman–Crippen LogP) is 3.63. The highest BCUT2D eigenvalue weighted by atomic mass is 19.1. The summed E-state index contributed by atoms with van der Waals surface area (Å²) in [5.41, 5.74) is 0. The molecule has 0 saturated heterocycles. The normalized spacial score (nSPS) is 15.1. The van der Waals surface area contributed by atoms with Crippen molar-refractivity contribution in [3.63, 3.8) is 0 Å². The smallest absolute Gasteiger partial charge is 0.222 e.